The lowest BCUT2D eigenvalue weighted by Crippen LogP contribution is -2.07. The number of nitrogen functional groups attached to an aromatic ring is 1. The molecule has 1 fully saturated rings. The number of hydrogen-bond donors (Lipinski definition) is 2. The minimum Gasteiger partial charge on any atom is -0.390 e. The zero-order valence-corrected chi connectivity index (χ0v) is 13.2. The van der Waals surface area contributed by atoms with Crippen molar-refractivity contribution in [3.8, 4) is 11.3 Å². The van der Waals surface area contributed by atoms with E-state index in [1.165, 1.54) is 6.33 Å². The summed E-state index contributed by atoms with van der Waals surface area (Å²) in [4.78, 5) is 8.48. The molecule has 0 bridgehead atoms. The molecular weight excluding hydrogens is 294 g/mol. The lowest BCUT2D eigenvalue weighted by molar-refractivity contribution is 0.269. The first-order chi connectivity index (χ1) is 11.1. The molecule has 0 aromatic carbocycles. The Bertz CT molecular complexity index is 876. The molecule has 3 heterocycles. The van der Waals surface area contributed by atoms with Crippen molar-refractivity contribution < 1.29 is 9.63 Å². The molecular formula is C16H19N5O2. The smallest absolute Gasteiger partial charge is 0.146 e. The third kappa shape index (κ3) is 2.11. The molecule has 0 unspecified atom stereocenters. The molecule has 1 saturated carbocycles. The molecule has 0 amide bonds. The number of hydrogen-bond acceptors (Lipinski definition) is 6. The molecule has 23 heavy (non-hydrogen) atoms. The fourth-order valence-electron chi connectivity index (χ4n) is 3.16. The zero-order valence-electron chi connectivity index (χ0n) is 13.2. The van der Waals surface area contributed by atoms with Gasteiger partial charge in [0.1, 0.15) is 29.2 Å². The van der Waals surface area contributed by atoms with Crippen LogP contribution in [0.15, 0.2) is 16.9 Å². The first-order valence-corrected chi connectivity index (χ1v) is 7.83. The summed E-state index contributed by atoms with van der Waals surface area (Å²) in [5.74, 6) is 1.75. The second kappa shape index (κ2) is 5.06. The van der Waals surface area contributed by atoms with E-state index in [-0.39, 0.29) is 12.6 Å². The molecule has 0 spiro atoms. The van der Waals surface area contributed by atoms with Crippen LogP contribution in [0.3, 0.4) is 0 Å². The Kier molecular flexibility index (Phi) is 3.12. The Morgan fingerprint density at radius 1 is 1.39 bits per heavy atom. The van der Waals surface area contributed by atoms with Crippen molar-refractivity contribution in [1.29, 1.82) is 0 Å². The number of aliphatic hydroxyl groups is 1. The fraction of sp³-hybridized carbons (Fsp3) is 0.438. The maximum absolute atomic E-state index is 9.96. The molecule has 120 valence electrons. The Morgan fingerprint density at radius 2 is 2.17 bits per heavy atom. The molecule has 4 rings (SSSR count). The van der Waals surface area contributed by atoms with Gasteiger partial charge in [-0.25, -0.2) is 9.97 Å². The van der Waals surface area contributed by atoms with Gasteiger partial charge in [0.2, 0.25) is 0 Å². The lowest BCUT2D eigenvalue weighted by atomic mass is 10.1. The van der Waals surface area contributed by atoms with E-state index in [0.717, 1.165) is 35.2 Å². The summed E-state index contributed by atoms with van der Waals surface area (Å²) in [7, 11) is 0. The van der Waals surface area contributed by atoms with Crippen LogP contribution in [0.2, 0.25) is 0 Å². The normalized spacial score (nSPS) is 15.0. The summed E-state index contributed by atoms with van der Waals surface area (Å²) in [6, 6.07) is 2.07. The molecule has 7 heteroatoms. The van der Waals surface area contributed by atoms with Gasteiger partial charge in [-0.15, -0.1) is 0 Å². The van der Waals surface area contributed by atoms with Crippen LogP contribution >= 0.6 is 0 Å². The summed E-state index contributed by atoms with van der Waals surface area (Å²) < 4.78 is 7.46. The summed E-state index contributed by atoms with van der Waals surface area (Å²) in [6.07, 6.45) is 3.72. The van der Waals surface area contributed by atoms with Gasteiger partial charge in [-0.3, -0.25) is 0 Å². The van der Waals surface area contributed by atoms with Crippen molar-refractivity contribution in [3.63, 3.8) is 0 Å². The predicted molar refractivity (Wildman–Crippen MR) is 85.7 cm³/mol. The van der Waals surface area contributed by atoms with Gasteiger partial charge >= 0.3 is 0 Å². The second-order valence-corrected chi connectivity index (χ2v) is 6.29. The molecule has 1 aliphatic carbocycles. The molecule has 3 N–H and O–H groups in total. The largest absolute Gasteiger partial charge is 0.390 e. The van der Waals surface area contributed by atoms with Gasteiger partial charge in [-0.2, -0.15) is 0 Å². The van der Waals surface area contributed by atoms with Gasteiger partial charge in [0.25, 0.3) is 0 Å². The molecule has 0 aliphatic heterocycles. The van der Waals surface area contributed by atoms with Crippen molar-refractivity contribution in [1.82, 2.24) is 19.7 Å². The highest BCUT2D eigenvalue weighted by Crippen LogP contribution is 2.43. The standard InChI is InChI=1S/C16H19N5O2/c1-8(2)21-11(6-22)13(14-15(17)18-7-19-16(14)21)10-5-12(23-20-10)9-3-4-9/h5,7-9,22H,3-4,6H2,1-2H3,(H2,17,18,19). The third-order valence-electron chi connectivity index (χ3n) is 4.34. The molecule has 0 atom stereocenters. The highest BCUT2D eigenvalue weighted by atomic mass is 16.5. The van der Waals surface area contributed by atoms with Crippen LogP contribution in [-0.4, -0.2) is 24.8 Å². The summed E-state index contributed by atoms with van der Waals surface area (Å²) in [5.41, 5.74) is 9.00. The van der Waals surface area contributed by atoms with Crippen molar-refractivity contribution in [2.75, 3.05) is 5.73 Å². The third-order valence-corrected chi connectivity index (χ3v) is 4.34. The first kappa shape index (κ1) is 14.2. The van der Waals surface area contributed by atoms with Gasteiger partial charge in [-0.05, 0) is 26.7 Å². The summed E-state index contributed by atoms with van der Waals surface area (Å²) in [6.45, 7) is 3.95. The predicted octanol–water partition coefficient (Wildman–Crippen LogP) is 2.62. The van der Waals surface area contributed by atoms with E-state index < -0.39 is 0 Å². The van der Waals surface area contributed by atoms with Crippen molar-refractivity contribution in [3.05, 3.63) is 23.8 Å². The van der Waals surface area contributed by atoms with Gasteiger partial charge in [0.05, 0.1) is 17.7 Å². The molecule has 3 aromatic rings. The Morgan fingerprint density at radius 3 is 2.83 bits per heavy atom. The van der Waals surface area contributed by atoms with Crippen molar-refractivity contribution >= 4 is 16.9 Å². The van der Waals surface area contributed by atoms with E-state index in [0.29, 0.717) is 23.1 Å². The Labute approximate surface area is 133 Å². The van der Waals surface area contributed by atoms with Gasteiger partial charge < -0.3 is 19.9 Å². The zero-order chi connectivity index (χ0) is 16.1. The maximum atomic E-state index is 9.96. The van der Waals surface area contributed by atoms with Crippen LogP contribution < -0.4 is 5.73 Å². The van der Waals surface area contributed by atoms with Crippen molar-refractivity contribution in [2.45, 2.75) is 45.3 Å². The Hall–Kier alpha value is -2.41. The van der Waals surface area contributed by atoms with E-state index >= 15 is 0 Å². The molecule has 7 nitrogen and oxygen atoms in total. The topological polar surface area (TPSA) is 103 Å². The minimum atomic E-state index is -0.130. The number of rotatable bonds is 4. The van der Waals surface area contributed by atoms with Crippen molar-refractivity contribution in [2.24, 2.45) is 0 Å². The van der Waals surface area contributed by atoms with Gasteiger partial charge in [-0.1, -0.05) is 5.16 Å². The molecule has 1 aliphatic rings. The quantitative estimate of drug-likeness (QED) is 0.767. The molecule has 0 saturated heterocycles. The molecule has 3 aromatic heterocycles. The van der Waals surface area contributed by atoms with Gasteiger partial charge in [0, 0.05) is 23.6 Å². The van der Waals surface area contributed by atoms with Crippen LogP contribution in [0.1, 0.15) is 50.1 Å². The highest BCUT2D eigenvalue weighted by Gasteiger charge is 2.30. The van der Waals surface area contributed by atoms with Gasteiger partial charge in [0.15, 0.2) is 0 Å². The second-order valence-electron chi connectivity index (χ2n) is 6.29. The lowest BCUT2D eigenvalue weighted by Gasteiger charge is -2.12. The van der Waals surface area contributed by atoms with Crippen LogP contribution in [0.25, 0.3) is 22.3 Å². The first-order valence-electron chi connectivity index (χ1n) is 7.83. The number of aromatic nitrogens is 4. The van der Waals surface area contributed by atoms with E-state index in [4.69, 9.17) is 10.3 Å². The summed E-state index contributed by atoms with van der Waals surface area (Å²) >= 11 is 0. The maximum Gasteiger partial charge on any atom is 0.146 e. The fourth-order valence-corrected chi connectivity index (χ4v) is 3.16. The van der Waals surface area contributed by atoms with E-state index in [2.05, 4.69) is 15.1 Å². The average molecular weight is 313 g/mol. The van der Waals surface area contributed by atoms with Crippen LogP contribution in [-0.2, 0) is 6.61 Å². The molecule has 0 radical (unpaired) electrons. The summed E-state index contributed by atoms with van der Waals surface area (Å²) in [5, 5.41) is 14.9. The number of aliphatic hydroxyl groups excluding tert-OH is 1. The van der Waals surface area contributed by atoms with E-state index in [1.54, 1.807) is 0 Å². The number of nitrogens with two attached hydrogens (primary N) is 1. The van der Waals surface area contributed by atoms with Crippen LogP contribution in [0, 0.1) is 0 Å². The number of nitrogens with zero attached hydrogens (tertiary/aromatic N) is 4. The average Bonchev–Trinajstić information content (AvgIpc) is 3.15. The van der Waals surface area contributed by atoms with E-state index in [1.807, 2.05) is 24.5 Å². The number of anilines is 1. The van der Waals surface area contributed by atoms with E-state index in [9.17, 15) is 5.11 Å². The number of fused-ring (bicyclic) bond motifs is 1. The monoisotopic (exact) mass is 313 g/mol. The Balaban J connectivity index is 2.03. The SMILES string of the molecule is CC(C)n1c(CO)c(-c2cc(C3CC3)on2)c2c(N)ncnc21. The van der Waals surface area contributed by atoms with Crippen LogP contribution in [0.5, 0.6) is 0 Å². The van der Waals surface area contributed by atoms with Crippen LogP contribution in [0.4, 0.5) is 5.82 Å². The highest BCUT2D eigenvalue weighted by molar-refractivity contribution is 6.01. The minimum absolute atomic E-state index is 0.123.